The Balaban J connectivity index is 1.90. The van der Waals surface area contributed by atoms with Crippen molar-refractivity contribution in [1.29, 1.82) is 0 Å². The summed E-state index contributed by atoms with van der Waals surface area (Å²) in [6, 6.07) is 7.92. The van der Waals surface area contributed by atoms with Gasteiger partial charge in [-0.25, -0.2) is 4.98 Å². The van der Waals surface area contributed by atoms with Crippen molar-refractivity contribution < 1.29 is 4.74 Å². The lowest BCUT2D eigenvalue weighted by Gasteiger charge is -2.10. The van der Waals surface area contributed by atoms with Crippen molar-refractivity contribution >= 4 is 27.9 Å². The van der Waals surface area contributed by atoms with E-state index in [0.717, 1.165) is 34.1 Å². The number of aryl methyl sites for hydroxylation is 1. The Morgan fingerprint density at radius 1 is 1.35 bits per heavy atom. The summed E-state index contributed by atoms with van der Waals surface area (Å²) in [6.07, 6.45) is 2.82. The summed E-state index contributed by atoms with van der Waals surface area (Å²) in [5.41, 5.74) is 2.98. The number of thiazole rings is 1. The van der Waals surface area contributed by atoms with Crippen molar-refractivity contribution in [2.75, 3.05) is 0 Å². The SMILES string of the molecule is CCC(Cl)Oc1ccc(-c2nc3sccn3c2C)cc1. The van der Waals surface area contributed by atoms with Gasteiger partial charge in [-0.05, 0) is 37.6 Å². The molecule has 0 saturated carbocycles. The molecule has 5 heteroatoms. The van der Waals surface area contributed by atoms with E-state index in [-0.39, 0.29) is 5.56 Å². The molecule has 20 heavy (non-hydrogen) atoms. The third-order valence-electron chi connectivity index (χ3n) is 3.21. The molecule has 0 N–H and O–H groups in total. The second kappa shape index (κ2) is 5.46. The Kier molecular flexibility index (Phi) is 3.68. The molecule has 1 unspecified atom stereocenters. The van der Waals surface area contributed by atoms with E-state index < -0.39 is 0 Å². The van der Waals surface area contributed by atoms with Crippen LogP contribution in [-0.2, 0) is 0 Å². The van der Waals surface area contributed by atoms with Crippen molar-refractivity contribution in [3.8, 4) is 17.0 Å². The van der Waals surface area contributed by atoms with E-state index in [9.17, 15) is 0 Å². The number of hydrogen-bond acceptors (Lipinski definition) is 3. The fourth-order valence-corrected chi connectivity index (χ4v) is 2.96. The van der Waals surface area contributed by atoms with E-state index in [1.165, 1.54) is 0 Å². The topological polar surface area (TPSA) is 26.5 Å². The van der Waals surface area contributed by atoms with Crippen LogP contribution in [0.25, 0.3) is 16.2 Å². The molecule has 104 valence electrons. The standard InChI is InChI=1S/C15H15ClN2OS/c1-3-13(16)19-12-6-4-11(5-7-12)14-10(2)18-8-9-20-15(18)17-14/h4-9,13H,3H2,1-2H3. The summed E-state index contributed by atoms with van der Waals surface area (Å²) < 4.78 is 7.68. The van der Waals surface area contributed by atoms with Crippen LogP contribution >= 0.6 is 22.9 Å². The number of halogens is 1. The minimum atomic E-state index is -0.277. The molecule has 0 saturated heterocycles. The summed E-state index contributed by atoms with van der Waals surface area (Å²) in [5.74, 6) is 0.786. The number of imidazole rings is 1. The number of rotatable bonds is 4. The Bertz CT molecular complexity index is 717. The molecule has 0 aliphatic heterocycles. The lowest BCUT2D eigenvalue weighted by molar-refractivity contribution is 0.277. The van der Waals surface area contributed by atoms with E-state index in [2.05, 4.69) is 16.3 Å². The second-order valence-electron chi connectivity index (χ2n) is 4.56. The number of hydrogen-bond donors (Lipinski definition) is 0. The van der Waals surface area contributed by atoms with Crippen molar-refractivity contribution in [3.05, 3.63) is 41.5 Å². The monoisotopic (exact) mass is 306 g/mol. The summed E-state index contributed by atoms with van der Waals surface area (Å²) in [7, 11) is 0. The van der Waals surface area contributed by atoms with Gasteiger partial charge in [0, 0.05) is 22.8 Å². The molecule has 3 aromatic rings. The Labute approximate surface area is 126 Å². The van der Waals surface area contributed by atoms with Crippen LogP contribution in [0.1, 0.15) is 19.0 Å². The van der Waals surface area contributed by atoms with Crippen molar-refractivity contribution in [3.63, 3.8) is 0 Å². The minimum absolute atomic E-state index is 0.277. The van der Waals surface area contributed by atoms with Crippen LogP contribution < -0.4 is 4.74 Å². The molecule has 0 spiro atoms. The second-order valence-corrected chi connectivity index (χ2v) is 5.92. The third-order valence-corrected chi connectivity index (χ3v) is 4.37. The number of nitrogens with zero attached hydrogens (tertiary/aromatic N) is 2. The van der Waals surface area contributed by atoms with Crippen LogP contribution in [0.2, 0.25) is 0 Å². The van der Waals surface area contributed by atoms with Gasteiger partial charge in [-0.2, -0.15) is 0 Å². The van der Waals surface area contributed by atoms with E-state index in [1.54, 1.807) is 11.3 Å². The highest BCUT2D eigenvalue weighted by atomic mass is 35.5. The number of aromatic nitrogens is 2. The van der Waals surface area contributed by atoms with Gasteiger partial charge in [-0.15, -0.1) is 11.3 Å². The molecule has 1 atom stereocenters. The van der Waals surface area contributed by atoms with Gasteiger partial charge in [0.25, 0.3) is 0 Å². The molecule has 1 aromatic carbocycles. The number of fused-ring (bicyclic) bond motifs is 1. The van der Waals surface area contributed by atoms with E-state index >= 15 is 0 Å². The largest absolute Gasteiger partial charge is 0.475 e. The van der Waals surface area contributed by atoms with Gasteiger partial charge in [0.2, 0.25) is 0 Å². The van der Waals surface area contributed by atoms with Gasteiger partial charge < -0.3 is 4.74 Å². The summed E-state index contributed by atoms with van der Waals surface area (Å²) in [5, 5.41) is 2.04. The molecule has 0 aliphatic carbocycles. The lowest BCUT2D eigenvalue weighted by atomic mass is 10.1. The highest BCUT2D eigenvalue weighted by Crippen LogP contribution is 2.27. The first kappa shape index (κ1) is 13.5. The molecule has 2 aromatic heterocycles. The smallest absolute Gasteiger partial charge is 0.194 e. The van der Waals surface area contributed by atoms with E-state index in [1.807, 2.05) is 42.8 Å². The van der Waals surface area contributed by atoms with Crippen molar-refractivity contribution in [2.45, 2.75) is 25.8 Å². The maximum Gasteiger partial charge on any atom is 0.194 e. The van der Waals surface area contributed by atoms with Crippen LogP contribution in [0.4, 0.5) is 0 Å². The Morgan fingerprint density at radius 3 is 2.75 bits per heavy atom. The van der Waals surface area contributed by atoms with Gasteiger partial charge in [0.15, 0.2) is 10.5 Å². The lowest BCUT2D eigenvalue weighted by Crippen LogP contribution is -2.06. The van der Waals surface area contributed by atoms with Gasteiger partial charge in [0.05, 0.1) is 5.69 Å². The zero-order valence-electron chi connectivity index (χ0n) is 11.3. The first-order valence-electron chi connectivity index (χ1n) is 6.52. The first-order valence-corrected chi connectivity index (χ1v) is 7.84. The highest BCUT2D eigenvalue weighted by Gasteiger charge is 2.11. The molecular weight excluding hydrogens is 292 g/mol. The van der Waals surface area contributed by atoms with Gasteiger partial charge in [-0.1, -0.05) is 18.5 Å². The van der Waals surface area contributed by atoms with Crippen LogP contribution in [-0.4, -0.2) is 14.9 Å². The van der Waals surface area contributed by atoms with Gasteiger partial charge in [-0.3, -0.25) is 4.40 Å². The minimum Gasteiger partial charge on any atom is -0.475 e. The normalized spacial score (nSPS) is 12.8. The van der Waals surface area contributed by atoms with Crippen LogP contribution in [0.5, 0.6) is 5.75 Å². The summed E-state index contributed by atoms with van der Waals surface area (Å²) in [6.45, 7) is 4.07. The van der Waals surface area contributed by atoms with Crippen LogP contribution in [0.15, 0.2) is 35.8 Å². The number of ether oxygens (including phenoxy) is 1. The molecule has 0 fully saturated rings. The fraction of sp³-hybridized carbons (Fsp3) is 0.267. The molecule has 3 nitrogen and oxygen atoms in total. The van der Waals surface area contributed by atoms with Crippen molar-refractivity contribution in [1.82, 2.24) is 9.38 Å². The third kappa shape index (κ3) is 2.41. The predicted molar refractivity (Wildman–Crippen MR) is 83.8 cm³/mol. The average Bonchev–Trinajstić information content (AvgIpc) is 3.03. The van der Waals surface area contributed by atoms with Crippen LogP contribution in [0, 0.1) is 6.92 Å². The molecule has 0 bridgehead atoms. The maximum atomic E-state index is 5.98. The quantitative estimate of drug-likeness (QED) is 0.652. The number of alkyl halides is 1. The maximum absolute atomic E-state index is 5.98. The molecular formula is C15H15ClN2OS. The zero-order valence-corrected chi connectivity index (χ0v) is 12.9. The molecule has 0 aliphatic rings. The first-order chi connectivity index (χ1) is 9.69. The Hall–Kier alpha value is -1.52. The van der Waals surface area contributed by atoms with Crippen LogP contribution in [0.3, 0.4) is 0 Å². The molecule has 2 heterocycles. The number of benzene rings is 1. The van der Waals surface area contributed by atoms with E-state index in [0.29, 0.717) is 0 Å². The summed E-state index contributed by atoms with van der Waals surface area (Å²) >= 11 is 7.63. The zero-order chi connectivity index (χ0) is 14.1. The van der Waals surface area contributed by atoms with Gasteiger partial charge >= 0.3 is 0 Å². The summed E-state index contributed by atoms with van der Waals surface area (Å²) in [4.78, 5) is 5.68. The molecule has 0 amide bonds. The average molecular weight is 307 g/mol. The predicted octanol–water partition coefficient (Wildman–Crippen LogP) is 4.72. The van der Waals surface area contributed by atoms with E-state index in [4.69, 9.17) is 16.3 Å². The van der Waals surface area contributed by atoms with Gasteiger partial charge in [0.1, 0.15) is 5.75 Å². The highest BCUT2D eigenvalue weighted by molar-refractivity contribution is 7.15. The fourth-order valence-electron chi connectivity index (χ4n) is 2.09. The van der Waals surface area contributed by atoms with Crippen molar-refractivity contribution in [2.24, 2.45) is 0 Å². The molecule has 3 rings (SSSR count). The Morgan fingerprint density at radius 2 is 2.10 bits per heavy atom. The molecule has 0 radical (unpaired) electrons.